The van der Waals surface area contributed by atoms with Gasteiger partial charge in [-0.3, -0.25) is 0 Å². The van der Waals surface area contributed by atoms with Crippen LogP contribution in [0.1, 0.15) is 86.5 Å². The first-order chi connectivity index (χ1) is 9.30. The van der Waals surface area contributed by atoms with Crippen molar-refractivity contribution in [1.29, 1.82) is 0 Å². The monoisotopic (exact) mass is 283 g/mol. The van der Waals surface area contributed by atoms with Crippen LogP contribution in [0.25, 0.3) is 0 Å². The highest BCUT2D eigenvalue weighted by molar-refractivity contribution is 4.91. The molecule has 0 radical (unpaired) electrons. The maximum absolute atomic E-state index is 6.55. The highest BCUT2D eigenvalue weighted by atomic mass is 16.5. The summed E-state index contributed by atoms with van der Waals surface area (Å²) in [5.41, 5.74) is 0.249. The van der Waals surface area contributed by atoms with Crippen molar-refractivity contribution in [3.63, 3.8) is 0 Å². The Kier molecular flexibility index (Phi) is 7.00. The first-order valence-electron chi connectivity index (χ1n) is 8.73. The van der Waals surface area contributed by atoms with Crippen molar-refractivity contribution in [3.05, 3.63) is 0 Å². The third-order valence-corrected chi connectivity index (χ3v) is 4.68. The average molecular weight is 284 g/mol. The second kappa shape index (κ2) is 7.79. The van der Waals surface area contributed by atoms with Gasteiger partial charge < -0.3 is 10.1 Å². The molecule has 1 unspecified atom stereocenters. The Morgan fingerprint density at radius 3 is 2.25 bits per heavy atom. The molecule has 0 bridgehead atoms. The van der Waals surface area contributed by atoms with Crippen molar-refractivity contribution in [2.45, 2.75) is 104 Å². The molecule has 0 aliphatic heterocycles. The second-order valence-electron chi connectivity index (χ2n) is 7.86. The molecule has 0 aromatic heterocycles. The van der Waals surface area contributed by atoms with Crippen molar-refractivity contribution < 1.29 is 4.74 Å². The van der Waals surface area contributed by atoms with E-state index in [1.165, 1.54) is 44.9 Å². The van der Waals surface area contributed by atoms with Gasteiger partial charge in [0.2, 0.25) is 0 Å². The molecule has 0 spiro atoms. The zero-order chi connectivity index (χ0) is 15.2. The molecule has 120 valence electrons. The lowest BCUT2D eigenvalue weighted by Crippen LogP contribution is -2.52. The molecular weight excluding hydrogens is 246 g/mol. The molecule has 1 atom stereocenters. The summed E-state index contributed by atoms with van der Waals surface area (Å²) in [6.07, 6.45) is 9.22. The normalized spacial score (nSPS) is 29.4. The van der Waals surface area contributed by atoms with Crippen LogP contribution >= 0.6 is 0 Å². The highest BCUT2D eigenvalue weighted by Gasteiger charge is 2.37. The third kappa shape index (κ3) is 6.13. The van der Waals surface area contributed by atoms with Crippen LogP contribution in [0.15, 0.2) is 0 Å². The van der Waals surface area contributed by atoms with Crippen molar-refractivity contribution in [2.75, 3.05) is 6.54 Å². The molecule has 1 N–H and O–H groups in total. The van der Waals surface area contributed by atoms with Crippen molar-refractivity contribution in [1.82, 2.24) is 5.32 Å². The van der Waals surface area contributed by atoms with Crippen LogP contribution in [0.3, 0.4) is 0 Å². The summed E-state index contributed by atoms with van der Waals surface area (Å²) in [6.45, 7) is 14.5. The van der Waals surface area contributed by atoms with Gasteiger partial charge in [-0.2, -0.15) is 0 Å². The Balaban J connectivity index is 2.63. The number of hydrogen-bond acceptors (Lipinski definition) is 2. The predicted octanol–water partition coefficient (Wildman–Crippen LogP) is 4.92. The maximum Gasteiger partial charge on any atom is 0.0810 e. The topological polar surface area (TPSA) is 21.3 Å². The molecule has 1 fully saturated rings. The van der Waals surface area contributed by atoms with Crippen molar-refractivity contribution >= 4 is 0 Å². The third-order valence-electron chi connectivity index (χ3n) is 4.68. The van der Waals surface area contributed by atoms with Crippen molar-refractivity contribution in [2.24, 2.45) is 5.92 Å². The molecule has 1 rings (SSSR count). The number of nitrogens with one attached hydrogen (secondary N) is 1. The SMILES string of the molecule is CCCC(C)OC1(CNC(C)(C)C)CCC(CC)CC1. The van der Waals surface area contributed by atoms with Crippen LogP contribution < -0.4 is 5.32 Å². The van der Waals surface area contributed by atoms with Crippen LogP contribution in [-0.2, 0) is 4.74 Å². The molecule has 2 nitrogen and oxygen atoms in total. The van der Waals surface area contributed by atoms with E-state index >= 15 is 0 Å². The standard InChI is InChI=1S/C18H37NO/c1-7-9-15(3)20-18(14-19-17(4,5)6)12-10-16(8-2)11-13-18/h15-16,19H,7-14H2,1-6H3. The van der Waals surface area contributed by atoms with E-state index in [1.54, 1.807) is 0 Å². The number of hydrogen-bond donors (Lipinski definition) is 1. The van der Waals surface area contributed by atoms with Crippen LogP contribution in [-0.4, -0.2) is 23.8 Å². The van der Waals surface area contributed by atoms with E-state index in [9.17, 15) is 0 Å². The predicted molar refractivity (Wildman–Crippen MR) is 88.2 cm³/mol. The molecule has 0 aromatic carbocycles. The molecule has 20 heavy (non-hydrogen) atoms. The van der Waals surface area contributed by atoms with Crippen LogP contribution in [0.4, 0.5) is 0 Å². The Hall–Kier alpha value is -0.0800. The zero-order valence-electron chi connectivity index (χ0n) is 14.7. The Labute approximate surface area is 127 Å². The molecule has 1 aliphatic rings. The summed E-state index contributed by atoms with van der Waals surface area (Å²) in [4.78, 5) is 0. The van der Waals surface area contributed by atoms with Gasteiger partial charge in [-0.05, 0) is 65.7 Å². The first kappa shape index (κ1) is 18.0. The van der Waals surface area contributed by atoms with Crippen LogP contribution in [0, 0.1) is 5.92 Å². The number of rotatable bonds is 7. The van der Waals surface area contributed by atoms with E-state index in [2.05, 4.69) is 46.9 Å². The lowest BCUT2D eigenvalue weighted by Gasteiger charge is -2.43. The molecule has 2 heteroatoms. The summed E-state index contributed by atoms with van der Waals surface area (Å²) in [5.74, 6) is 0.919. The molecule has 0 amide bonds. The fourth-order valence-electron chi connectivity index (χ4n) is 3.27. The van der Waals surface area contributed by atoms with E-state index in [4.69, 9.17) is 4.74 Å². The molecule has 0 aromatic rings. The average Bonchev–Trinajstić information content (AvgIpc) is 2.37. The summed E-state index contributed by atoms with van der Waals surface area (Å²) >= 11 is 0. The summed E-state index contributed by atoms with van der Waals surface area (Å²) < 4.78 is 6.55. The quantitative estimate of drug-likeness (QED) is 0.716. The van der Waals surface area contributed by atoms with Gasteiger partial charge in [-0.25, -0.2) is 0 Å². The summed E-state index contributed by atoms with van der Waals surface area (Å²) in [5, 5.41) is 3.69. The fourth-order valence-corrected chi connectivity index (χ4v) is 3.27. The van der Waals surface area contributed by atoms with Gasteiger partial charge in [0.15, 0.2) is 0 Å². The van der Waals surface area contributed by atoms with E-state index in [1.807, 2.05) is 0 Å². The summed E-state index contributed by atoms with van der Waals surface area (Å²) in [7, 11) is 0. The molecule has 1 saturated carbocycles. The minimum absolute atomic E-state index is 0.0769. The van der Waals surface area contributed by atoms with Gasteiger partial charge in [0.25, 0.3) is 0 Å². The molecule has 1 aliphatic carbocycles. The first-order valence-corrected chi connectivity index (χ1v) is 8.73. The van der Waals surface area contributed by atoms with Gasteiger partial charge in [0.1, 0.15) is 0 Å². The largest absolute Gasteiger partial charge is 0.371 e. The highest BCUT2D eigenvalue weighted by Crippen LogP contribution is 2.37. The smallest absolute Gasteiger partial charge is 0.0810 e. The van der Waals surface area contributed by atoms with E-state index in [0.29, 0.717) is 6.10 Å². The van der Waals surface area contributed by atoms with E-state index in [0.717, 1.165) is 12.5 Å². The lowest BCUT2D eigenvalue weighted by molar-refractivity contribution is -0.116. The Bertz CT molecular complexity index is 261. The minimum Gasteiger partial charge on any atom is -0.371 e. The fraction of sp³-hybridized carbons (Fsp3) is 1.00. The molecule has 0 saturated heterocycles. The minimum atomic E-state index is 0.0769. The van der Waals surface area contributed by atoms with Gasteiger partial charge >= 0.3 is 0 Å². The lowest BCUT2D eigenvalue weighted by atomic mass is 9.77. The Morgan fingerprint density at radius 1 is 1.20 bits per heavy atom. The van der Waals surface area contributed by atoms with E-state index in [-0.39, 0.29) is 11.1 Å². The second-order valence-corrected chi connectivity index (χ2v) is 7.86. The molecular formula is C18H37NO. The van der Waals surface area contributed by atoms with Gasteiger partial charge in [-0.15, -0.1) is 0 Å². The number of ether oxygens (including phenoxy) is 1. The summed E-state index contributed by atoms with van der Waals surface area (Å²) in [6, 6.07) is 0. The van der Waals surface area contributed by atoms with E-state index < -0.39 is 0 Å². The van der Waals surface area contributed by atoms with Crippen molar-refractivity contribution in [3.8, 4) is 0 Å². The van der Waals surface area contributed by atoms with Gasteiger partial charge in [0.05, 0.1) is 11.7 Å². The zero-order valence-corrected chi connectivity index (χ0v) is 14.7. The van der Waals surface area contributed by atoms with Gasteiger partial charge in [-0.1, -0.05) is 26.7 Å². The van der Waals surface area contributed by atoms with Crippen LogP contribution in [0.5, 0.6) is 0 Å². The van der Waals surface area contributed by atoms with Gasteiger partial charge in [0, 0.05) is 12.1 Å². The van der Waals surface area contributed by atoms with Crippen LogP contribution in [0.2, 0.25) is 0 Å². The Morgan fingerprint density at radius 2 is 1.80 bits per heavy atom. The maximum atomic E-state index is 6.55. The molecule has 0 heterocycles.